The molecule has 0 aromatic rings. The second-order valence-corrected chi connectivity index (χ2v) is 9.18. The SMILES string of the molecule is CCCCN(C)C1CC(C)(C)N(OC2CCCCC2)C(C)(C)C1. The topological polar surface area (TPSA) is 15.7 Å². The van der Waals surface area contributed by atoms with Crippen molar-refractivity contribution in [2.24, 2.45) is 0 Å². The number of hydrogen-bond donors (Lipinski definition) is 0. The summed E-state index contributed by atoms with van der Waals surface area (Å²) in [6.07, 6.45) is 12.0. The Morgan fingerprint density at radius 1 is 1.00 bits per heavy atom. The third kappa shape index (κ3) is 4.93. The summed E-state index contributed by atoms with van der Waals surface area (Å²) >= 11 is 0. The third-order valence-corrected chi connectivity index (χ3v) is 5.86. The molecule has 3 nitrogen and oxygen atoms in total. The molecule has 0 radical (unpaired) electrons. The maximum Gasteiger partial charge on any atom is 0.0793 e. The highest BCUT2D eigenvalue weighted by Crippen LogP contribution is 2.41. The molecule has 1 saturated carbocycles. The van der Waals surface area contributed by atoms with Gasteiger partial charge in [-0.25, -0.2) is 0 Å². The molecule has 136 valence electrons. The summed E-state index contributed by atoms with van der Waals surface area (Å²) in [6, 6.07) is 0.665. The lowest BCUT2D eigenvalue weighted by molar-refractivity contribution is -0.314. The summed E-state index contributed by atoms with van der Waals surface area (Å²) < 4.78 is 0. The van der Waals surface area contributed by atoms with Crippen LogP contribution in [0.25, 0.3) is 0 Å². The van der Waals surface area contributed by atoms with Crippen LogP contribution in [0.2, 0.25) is 0 Å². The van der Waals surface area contributed by atoms with Gasteiger partial charge >= 0.3 is 0 Å². The molecule has 1 heterocycles. The van der Waals surface area contributed by atoms with E-state index in [4.69, 9.17) is 4.84 Å². The van der Waals surface area contributed by atoms with Crippen LogP contribution >= 0.6 is 0 Å². The molecule has 3 heteroatoms. The first-order chi connectivity index (χ1) is 10.8. The lowest BCUT2D eigenvalue weighted by Gasteiger charge is -2.56. The van der Waals surface area contributed by atoms with Crippen molar-refractivity contribution in [3.63, 3.8) is 0 Å². The third-order valence-electron chi connectivity index (χ3n) is 5.86. The van der Waals surface area contributed by atoms with E-state index in [0.29, 0.717) is 12.1 Å². The van der Waals surface area contributed by atoms with Crippen LogP contribution in [0.4, 0.5) is 0 Å². The van der Waals surface area contributed by atoms with E-state index >= 15 is 0 Å². The summed E-state index contributed by atoms with van der Waals surface area (Å²) in [4.78, 5) is 9.18. The van der Waals surface area contributed by atoms with Gasteiger partial charge in [0.05, 0.1) is 6.10 Å². The zero-order chi connectivity index (χ0) is 17.1. The first-order valence-electron chi connectivity index (χ1n) is 9.93. The van der Waals surface area contributed by atoms with Gasteiger partial charge < -0.3 is 4.90 Å². The fourth-order valence-electron chi connectivity index (χ4n) is 4.72. The van der Waals surface area contributed by atoms with Crippen LogP contribution in [0, 0.1) is 0 Å². The van der Waals surface area contributed by atoms with Crippen molar-refractivity contribution >= 4 is 0 Å². The molecule has 0 unspecified atom stereocenters. The molecular formula is C20H40N2O. The van der Waals surface area contributed by atoms with Crippen LogP contribution in [-0.2, 0) is 4.84 Å². The molecular weight excluding hydrogens is 284 g/mol. The lowest BCUT2D eigenvalue weighted by atomic mass is 9.78. The quantitative estimate of drug-likeness (QED) is 0.683. The van der Waals surface area contributed by atoms with E-state index in [1.165, 1.54) is 64.3 Å². The Balaban J connectivity index is 2.03. The average molecular weight is 325 g/mol. The standard InChI is InChI=1S/C20H40N2O/c1-7-8-14-21(6)17-15-19(2,3)22(20(4,5)16-17)23-18-12-10-9-11-13-18/h17-18H,7-16H2,1-6H3. The predicted octanol–water partition coefficient (Wildman–Crippen LogP) is 5.00. The number of hydrogen-bond acceptors (Lipinski definition) is 3. The maximum atomic E-state index is 6.59. The van der Waals surface area contributed by atoms with Crippen molar-refractivity contribution in [3.05, 3.63) is 0 Å². The van der Waals surface area contributed by atoms with Crippen molar-refractivity contribution in [2.45, 2.75) is 116 Å². The molecule has 0 amide bonds. The van der Waals surface area contributed by atoms with Crippen molar-refractivity contribution in [3.8, 4) is 0 Å². The zero-order valence-corrected chi connectivity index (χ0v) is 16.5. The molecule has 1 aliphatic carbocycles. The number of piperidine rings is 1. The van der Waals surface area contributed by atoms with E-state index in [-0.39, 0.29) is 11.1 Å². The van der Waals surface area contributed by atoms with Gasteiger partial charge in [-0.1, -0.05) is 32.6 Å². The van der Waals surface area contributed by atoms with E-state index < -0.39 is 0 Å². The minimum absolute atomic E-state index is 0.102. The zero-order valence-electron chi connectivity index (χ0n) is 16.5. The molecule has 0 spiro atoms. The second kappa shape index (κ2) is 7.84. The number of unbranched alkanes of at least 4 members (excludes halogenated alkanes) is 1. The molecule has 0 aromatic heterocycles. The van der Waals surface area contributed by atoms with Gasteiger partial charge in [-0.15, -0.1) is 0 Å². The Labute approximate surface area is 144 Å². The van der Waals surface area contributed by atoms with Crippen molar-refractivity contribution < 1.29 is 4.84 Å². The molecule has 0 N–H and O–H groups in total. The molecule has 23 heavy (non-hydrogen) atoms. The first-order valence-corrected chi connectivity index (χ1v) is 9.93. The fraction of sp³-hybridized carbons (Fsp3) is 1.00. The highest BCUT2D eigenvalue weighted by atomic mass is 16.7. The van der Waals surface area contributed by atoms with Crippen molar-refractivity contribution in [1.82, 2.24) is 9.96 Å². The maximum absolute atomic E-state index is 6.59. The largest absolute Gasteiger partial charge is 0.303 e. The van der Waals surface area contributed by atoms with Gasteiger partial charge in [-0.05, 0) is 73.4 Å². The summed E-state index contributed by atoms with van der Waals surface area (Å²) in [6.45, 7) is 13.0. The first kappa shape index (κ1) is 19.2. The van der Waals surface area contributed by atoms with Gasteiger partial charge in [0.2, 0.25) is 0 Å². The summed E-state index contributed by atoms with van der Waals surface area (Å²) in [5.74, 6) is 0. The Morgan fingerprint density at radius 2 is 1.57 bits per heavy atom. The molecule has 0 bridgehead atoms. The van der Waals surface area contributed by atoms with E-state index in [1.807, 2.05) is 0 Å². The molecule has 2 fully saturated rings. The molecule has 1 aliphatic heterocycles. The van der Waals surface area contributed by atoms with E-state index in [9.17, 15) is 0 Å². The second-order valence-electron chi connectivity index (χ2n) is 9.18. The van der Waals surface area contributed by atoms with Crippen molar-refractivity contribution in [2.75, 3.05) is 13.6 Å². The Kier molecular flexibility index (Phi) is 6.55. The summed E-state index contributed by atoms with van der Waals surface area (Å²) in [5.41, 5.74) is 0.203. The van der Waals surface area contributed by atoms with Gasteiger partial charge in [0.15, 0.2) is 0 Å². The monoisotopic (exact) mass is 324 g/mol. The highest BCUT2D eigenvalue weighted by molar-refractivity contribution is 4.99. The van der Waals surface area contributed by atoms with E-state index in [2.05, 4.69) is 51.6 Å². The molecule has 0 aromatic carbocycles. The molecule has 0 atom stereocenters. The minimum Gasteiger partial charge on any atom is -0.303 e. The van der Waals surface area contributed by atoms with Gasteiger partial charge in [0.25, 0.3) is 0 Å². The summed E-state index contributed by atoms with van der Waals surface area (Å²) in [5, 5.41) is 2.38. The average Bonchev–Trinajstić information content (AvgIpc) is 2.48. The van der Waals surface area contributed by atoms with Crippen LogP contribution in [0.3, 0.4) is 0 Å². The van der Waals surface area contributed by atoms with Crippen LogP contribution in [0.1, 0.15) is 92.4 Å². The molecule has 2 rings (SSSR count). The number of nitrogens with zero attached hydrogens (tertiary/aromatic N) is 2. The Morgan fingerprint density at radius 3 is 2.09 bits per heavy atom. The number of rotatable bonds is 6. The smallest absolute Gasteiger partial charge is 0.0793 e. The van der Waals surface area contributed by atoms with Crippen molar-refractivity contribution in [1.29, 1.82) is 0 Å². The van der Waals surface area contributed by atoms with Crippen LogP contribution in [-0.4, -0.2) is 46.8 Å². The van der Waals surface area contributed by atoms with Crippen LogP contribution in [0.15, 0.2) is 0 Å². The number of hydroxylamine groups is 2. The van der Waals surface area contributed by atoms with Gasteiger partial charge in [-0.3, -0.25) is 4.84 Å². The van der Waals surface area contributed by atoms with Gasteiger partial charge in [0, 0.05) is 17.1 Å². The van der Waals surface area contributed by atoms with E-state index in [0.717, 1.165) is 0 Å². The fourth-order valence-corrected chi connectivity index (χ4v) is 4.72. The lowest BCUT2D eigenvalue weighted by Crippen LogP contribution is -2.64. The Bertz CT molecular complexity index is 343. The van der Waals surface area contributed by atoms with Crippen LogP contribution < -0.4 is 0 Å². The highest BCUT2D eigenvalue weighted by Gasteiger charge is 2.48. The normalized spacial score (nSPS) is 26.7. The minimum atomic E-state index is 0.102. The predicted molar refractivity (Wildman–Crippen MR) is 98.5 cm³/mol. The Hall–Kier alpha value is -0.120. The molecule has 1 saturated heterocycles. The van der Waals surface area contributed by atoms with E-state index in [1.54, 1.807) is 0 Å². The van der Waals surface area contributed by atoms with Crippen LogP contribution in [0.5, 0.6) is 0 Å². The molecule has 2 aliphatic rings. The van der Waals surface area contributed by atoms with Gasteiger partial charge in [-0.2, -0.15) is 5.06 Å². The van der Waals surface area contributed by atoms with Gasteiger partial charge in [0.1, 0.15) is 0 Å². The summed E-state index contributed by atoms with van der Waals surface area (Å²) in [7, 11) is 2.31.